The van der Waals surface area contributed by atoms with Gasteiger partial charge >= 0.3 is 6.03 Å². The van der Waals surface area contributed by atoms with E-state index >= 15 is 0 Å². The maximum atomic E-state index is 12.6. The van der Waals surface area contributed by atoms with Gasteiger partial charge in [0.15, 0.2) is 0 Å². The van der Waals surface area contributed by atoms with Gasteiger partial charge in [0.1, 0.15) is 12.6 Å². The molecule has 0 unspecified atom stereocenters. The third kappa shape index (κ3) is 4.83. The zero-order valence-corrected chi connectivity index (χ0v) is 16.9. The number of para-hydroxylation sites is 1. The minimum Gasteiger partial charge on any atom is -0.326 e. The Hall–Kier alpha value is -3.15. The number of aryl methyl sites for hydroxylation is 3. The van der Waals surface area contributed by atoms with Crippen LogP contribution in [0.15, 0.2) is 48.5 Å². The maximum Gasteiger partial charge on any atom is 0.325 e. The number of urea groups is 1. The Morgan fingerprint density at radius 1 is 1.00 bits per heavy atom. The number of hydrogen-bond acceptors (Lipinski definition) is 3. The van der Waals surface area contributed by atoms with E-state index in [1.807, 2.05) is 62.4 Å². The summed E-state index contributed by atoms with van der Waals surface area (Å²) in [5, 5.41) is 5.60. The number of anilines is 1. The van der Waals surface area contributed by atoms with Gasteiger partial charge in [-0.2, -0.15) is 0 Å². The Labute approximate surface area is 171 Å². The lowest BCUT2D eigenvalue weighted by atomic mass is 10.0. The van der Waals surface area contributed by atoms with Gasteiger partial charge in [0.25, 0.3) is 5.91 Å². The topological polar surface area (TPSA) is 78.5 Å². The van der Waals surface area contributed by atoms with Crippen LogP contribution < -0.4 is 10.6 Å². The number of carbonyl (C=O) groups is 3. The second kappa shape index (κ2) is 9.37. The number of rotatable bonds is 8. The van der Waals surface area contributed by atoms with Crippen molar-refractivity contribution < 1.29 is 14.4 Å². The van der Waals surface area contributed by atoms with Crippen molar-refractivity contribution in [3.05, 3.63) is 65.2 Å². The van der Waals surface area contributed by atoms with Crippen molar-refractivity contribution in [3.8, 4) is 0 Å². The van der Waals surface area contributed by atoms with E-state index in [9.17, 15) is 14.4 Å². The summed E-state index contributed by atoms with van der Waals surface area (Å²) >= 11 is 0. The number of benzene rings is 2. The fraction of sp³-hybridized carbons (Fsp3) is 0.348. The molecule has 0 radical (unpaired) electrons. The first-order valence-electron chi connectivity index (χ1n) is 10.1. The largest absolute Gasteiger partial charge is 0.326 e. The zero-order chi connectivity index (χ0) is 20.8. The minimum atomic E-state index is -0.593. The number of carbonyl (C=O) groups excluding carboxylic acids is 3. The van der Waals surface area contributed by atoms with Crippen molar-refractivity contribution >= 4 is 23.5 Å². The van der Waals surface area contributed by atoms with Gasteiger partial charge in [0, 0.05) is 5.69 Å². The molecule has 1 atom stereocenters. The Kier molecular flexibility index (Phi) is 6.65. The van der Waals surface area contributed by atoms with Gasteiger partial charge in [-0.15, -0.1) is 0 Å². The molecule has 0 saturated carbocycles. The van der Waals surface area contributed by atoms with Gasteiger partial charge < -0.3 is 10.6 Å². The number of nitrogens with one attached hydrogen (secondary N) is 2. The molecular weight excluding hydrogens is 366 g/mol. The van der Waals surface area contributed by atoms with Gasteiger partial charge in [-0.1, -0.05) is 62.4 Å². The van der Waals surface area contributed by atoms with Crippen LogP contribution in [-0.4, -0.2) is 35.3 Å². The second-order valence-electron chi connectivity index (χ2n) is 7.16. The monoisotopic (exact) mass is 393 g/mol. The van der Waals surface area contributed by atoms with E-state index in [-0.39, 0.29) is 18.4 Å². The molecule has 2 N–H and O–H groups in total. The Bertz CT molecular complexity index is 873. The zero-order valence-electron chi connectivity index (χ0n) is 16.9. The predicted molar refractivity (Wildman–Crippen MR) is 113 cm³/mol. The summed E-state index contributed by atoms with van der Waals surface area (Å²) in [7, 11) is 0. The molecule has 1 saturated heterocycles. The van der Waals surface area contributed by atoms with Crippen molar-refractivity contribution in [2.24, 2.45) is 0 Å². The van der Waals surface area contributed by atoms with E-state index in [4.69, 9.17) is 0 Å². The molecule has 3 rings (SSSR count). The van der Waals surface area contributed by atoms with Crippen LogP contribution >= 0.6 is 0 Å². The molecular formula is C23H27N3O3. The molecule has 4 amide bonds. The van der Waals surface area contributed by atoms with Gasteiger partial charge in [-0.3, -0.25) is 14.5 Å². The Morgan fingerprint density at radius 3 is 2.28 bits per heavy atom. The second-order valence-corrected chi connectivity index (χ2v) is 7.16. The highest BCUT2D eigenvalue weighted by atomic mass is 16.2. The summed E-state index contributed by atoms with van der Waals surface area (Å²) in [5.74, 6) is -0.714. The molecule has 6 nitrogen and oxygen atoms in total. The molecule has 1 aliphatic rings. The first-order valence-corrected chi connectivity index (χ1v) is 10.1. The fourth-order valence-corrected chi connectivity index (χ4v) is 3.60. The van der Waals surface area contributed by atoms with Gasteiger partial charge in [-0.25, -0.2) is 4.79 Å². The van der Waals surface area contributed by atoms with Crippen LogP contribution in [0.1, 0.15) is 37.0 Å². The highest BCUT2D eigenvalue weighted by Crippen LogP contribution is 2.23. The van der Waals surface area contributed by atoms with E-state index in [1.54, 1.807) is 0 Å². The van der Waals surface area contributed by atoms with Crippen LogP contribution in [-0.2, 0) is 28.9 Å². The lowest BCUT2D eigenvalue weighted by Crippen LogP contribution is -2.38. The summed E-state index contributed by atoms with van der Waals surface area (Å²) in [6, 6.07) is 14.6. The van der Waals surface area contributed by atoms with Crippen LogP contribution in [0.5, 0.6) is 0 Å². The van der Waals surface area contributed by atoms with E-state index in [2.05, 4.69) is 10.6 Å². The first kappa shape index (κ1) is 20.6. The normalized spacial score (nSPS) is 16.1. The Balaban J connectivity index is 1.62. The molecule has 0 bridgehead atoms. The summed E-state index contributed by atoms with van der Waals surface area (Å²) in [6.07, 6.45) is 2.76. The van der Waals surface area contributed by atoms with Crippen LogP contribution in [0.25, 0.3) is 0 Å². The summed E-state index contributed by atoms with van der Waals surface area (Å²) in [4.78, 5) is 38.5. The highest BCUT2D eigenvalue weighted by Gasteiger charge is 2.38. The van der Waals surface area contributed by atoms with Gasteiger partial charge in [0.2, 0.25) is 5.91 Å². The van der Waals surface area contributed by atoms with Gasteiger partial charge in [-0.05, 0) is 42.4 Å². The van der Waals surface area contributed by atoms with E-state index in [0.717, 1.165) is 40.1 Å². The average Bonchev–Trinajstić information content (AvgIpc) is 3.00. The average molecular weight is 393 g/mol. The molecule has 152 valence electrons. The number of nitrogens with zero attached hydrogens (tertiary/aromatic N) is 1. The molecule has 29 heavy (non-hydrogen) atoms. The fourth-order valence-electron chi connectivity index (χ4n) is 3.60. The van der Waals surface area contributed by atoms with Crippen LogP contribution in [0.2, 0.25) is 0 Å². The molecule has 2 aromatic rings. The van der Waals surface area contributed by atoms with E-state index < -0.39 is 12.1 Å². The molecule has 1 heterocycles. The molecule has 0 aliphatic carbocycles. The van der Waals surface area contributed by atoms with E-state index in [0.29, 0.717) is 12.8 Å². The lowest BCUT2D eigenvalue weighted by molar-refractivity contribution is -0.130. The SMILES string of the molecule is CCc1cccc(CC)c1NC(=O)CN1C(=O)N[C@@H](CCc2ccccc2)C1=O. The van der Waals surface area contributed by atoms with Crippen molar-refractivity contribution in [2.75, 3.05) is 11.9 Å². The molecule has 0 aromatic heterocycles. The minimum absolute atomic E-state index is 0.284. The number of amides is 4. The third-order valence-electron chi connectivity index (χ3n) is 5.24. The van der Waals surface area contributed by atoms with Gasteiger partial charge in [0.05, 0.1) is 0 Å². The van der Waals surface area contributed by atoms with E-state index in [1.165, 1.54) is 0 Å². The number of hydrogen-bond donors (Lipinski definition) is 2. The molecule has 6 heteroatoms. The van der Waals surface area contributed by atoms with Crippen LogP contribution in [0.3, 0.4) is 0 Å². The first-order chi connectivity index (χ1) is 14.0. The quantitative estimate of drug-likeness (QED) is 0.676. The van der Waals surface area contributed by atoms with Crippen molar-refractivity contribution in [3.63, 3.8) is 0 Å². The standard InChI is InChI=1S/C23H27N3O3/c1-3-17-11-8-12-18(4-2)21(17)25-20(27)15-26-22(28)19(24-23(26)29)14-13-16-9-6-5-7-10-16/h5-12,19H,3-4,13-15H2,1-2H3,(H,24,29)(H,25,27)/t19-/m0/s1. The smallest absolute Gasteiger partial charge is 0.325 e. The van der Waals surface area contributed by atoms with Crippen LogP contribution in [0, 0.1) is 0 Å². The molecule has 2 aromatic carbocycles. The Morgan fingerprint density at radius 2 is 1.66 bits per heavy atom. The molecule has 0 spiro atoms. The van der Waals surface area contributed by atoms with Crippen molar-refractivity contribution in [1.29, 1.82) is 0 Å². The third-order valence-corrected chi connectivity index (χ3v) is 5.24. The summed E-state index contributed by atoms with van der Waals surface area (Å²) < 4.78 is 0. The lowest BCUT2D eigenvalue weighted by Gasteiger charge is -2.17. The maximum absolute atomic E-state index is 12.6. The van der Waals surface area contributed by atoms with Crippen LogP contribution in [0.4, 0.5) is 10.5 Å². The summed E-state index contributed by atoms with van der Waals surface area (Å²) in [5.41, 5.74) is 3.97. The van der Waals surface area contributed by atoms with Crippen molar-refractivity contribution in [2.45, 2.75) is 45.6 Å². The van der Waals surface area contributed by atoms with Crippen molar-refractivity contribution in [1.82, 2.24) is 10.2 Å². The summed E-state index contributed by atoms with van der Waals surface area (Å²) in [6.45, 7) is 3.77. The predicted octanol–water partition coefficient (Wildman–Crippen LogP) is 3.30. The highest BCUT2D eigenvalue weighted by molar-refractivity contribution is 6.08. The molecule has 1 aliphatic heterocycles. The number of imide groups is 1. The molecule has 1 fully saturated rings.